The Labute approximate surface area is 194 Å². The Morgan fingerprint density at radius 2 is 1.59 bits per heavy atom. The van der Waals surface area contributed by atoms with Crippen molar-refractivity contribution in [2.45, 2.75) is 19.9 Å². The van der Waals surface area contributed by atoms with Crippen molar-refractivity contribution in [1.29, 1.82) is 10.5 Å². The predicted octanol–water partition coefficient (Wildman–Crippen LogP) is 1.14. The lowest BCUT2D eigenvalue weighted by Crippen LogP contribution is -2.37. The van der Waals surface area contributed by atoms with Gasteiger partial charge in [-0.15, -0.1) is 0 Å². The topological polar surface area (TPSA) is 223 Å². The number of benzene rings is 1. The van der Waals surface area contributed by atoms with E-state index in [9.17, 15) is 15.3 Å². The standard InChI is InChI=1S/C20H21N5O3.C2H2O4/c1-12(2)17(23)20(26)28-9-8-27-19-15(11-22)16(13-6-4-3-5-7-13)14(10-21)18(24)25-19;3-1(4)2(5)6/h3-7,12,17H,8-9,23H2,1-2H3,(H2,24,25);(H,3,4)(H,5,6)/t17-;/m0./s1. The zero-order valence-electron chi connectivity index (χ0n) is 18.4. The molecule has 1 atom stereocenters. The summed E-state index contributed by atoms with van der Waals surface area (Å²) in [5, 5.41) is 33.9. The normalized spacial score (nSPS) is 10.6. The number of aromatic nitrogens is 1. The molecule has 1 heterocycles. The fourth-order valence-electron chi connectivity index (χ4n) is 2.45. The first-order valence-corrected chi connectivity index (χ1v) is 9.75. The number of hydrogen-bond acceptors (Lipinski definition) is 10. The minimum absolute atomic E-state index is 0.0259. The average molecular weight is 469 g/mol. The molecule has 2 rings (SSSR count). The van der Waals surface area contributed by atoms with Crippen LogP contribution in [0.2, 0.25) is 0 Å². The van der Waals surface area contributed by atoms with Gasteiger partial charge in [-0.3, -0.25) is 4.79 Å². The highest BCUT2D eigenvalue weighted by Crippen LogP contribution is 2.34. The number of rotatable bonds is 7. The third kappa shape index (κ3) is 7.47. The molecular formula is C22H23N5O7. The van der Waals surface area contributed by atoms with Crippen molar-refractivity contribution in [1.82, 2.24) is 4.98 Å². The maximum atomic E-state index is 11.8. The highest BCUT2D eigenvalue weighted by molar-refractivity contribution is 6.27. The minimum Gasteiger partial charge on any atom is -0.473 e. The van der Waals surface area contributed by atoms with E-state index in [4.69, 9.17) is 40.7 Å². The number of carbonyl (C=O) groups excluding carboxylic acids is 1. The lowest BCUT2D eigenvalue weighted by molar-refractivity contribution is -0.159. The number of nitrogens with zero attached hydrogens (tertiary/aromatic N) is 3. The quantitative estimate of drug-likeness (QED) is 0.254. The number of anilines is 1. The Morgan fingerprint density at radius 1 is 1.03 bits per heavy atom. The molecule has 0 unspecified atom stereocenters. The van der Waals surface area contributed by atoms with Crippen molar-refractivity contribution in [2.75, 3.05) is 18.9 Å². The van der Waals surface area contributed by atoms with Crippen LogP contribution in [-0.4, -0.2) is 52.4 Å². The van der Waals surface area contributed by atoms with E-state index >= 15 is 0 Å². The van der Waals surface area contributed by atoms with Crippen molar-refractivity contribution in [3.63, 3.8) is 0 Å². The van der Waals surface area contributed by atoms with Crippen LogP contribution in [0.15, 0.2) is 30.3 Å². The number of nitrogens with two attached hydrogens (primary N) is 2. The summed E-state index contributed by atoms with van der Waals surface area (Å²) in [5.41, 5.74) is 12.8. The van der Waals surface area contributed by atoms with Gasteiger partial charge in [-0.05, 0) is 11.5 Å². The molecule has 0 aliphatic rings. The number of carboxylic acid groups (broad SMARTS) is 2. The van der Waals surface area contributed by atoms with Gasteiger partial charge < -0.3 is 31.2 Å². The number of carboxylic acids is 2. The summed E-state index contributed by atoms with van der Waals surface area (Å²) >= 11 is 0. The molecule has 0 saturated heterocycles. The lowest BCUT2D eigenvalue weighted by Gasteiger charge is -2.16. The summed E-state index contributed by atoms with van der Waals surface area (Å²) in [6.07, 6.45) is 0. The number of aliphatic carboxylic acids is 2. The molecule has 0 fully saturated rings. The molecular weight excluding hydrogens is 446 g/mol. The first-order valence-electron chi connectivity index (χ1n) is 9.75. The summed E-state index contributed by atoms with van der Waals surface area (Å²) in [6.45, 7) is 3.52. The first kappa shape index (κ1) is 27.4. The van der Waals surface area contributed by atoms with E-state index in [1.807, 2.05) is 32.1 Å². The van der Waals surface area contributed by atoms with Gasteiger partial charge in [0.05, 0.1) is 0 Å². The second-order valence-electron chi connectivity index (χ2n) is 6.91. The van der Waals surface area contributed by atoms with E-state index in [-0.39, 0.29) is 42.0 Å². The number of carbonyl (C=O) groups is 3. The molecule has 1 aromatic carbocycles. The monoisotopic (exact) mass is 469 g/mol. The molecule has 0 bridgehead atoms. The van der Waals surface area contributed by atoms with Crippen LogP contribution in [0.3, 0.4) is 0 Å². The average Bonchev–Trinajstić information content (AvgIpc) is 2.81. The summed E-state index contributed by atoms with van der Waals surface area (Å²) in [6, 6.07) is 12.2. The number of hydrogen-bond donors (Lipinski definition) is 4. The van der Waals surface area contributed by atoms with Crippen LogP contribution in [0.1, 0.15) is 25.0 Å². The van der Waals surface area contributed by atoms with Crippen molar-refractivity contribution in [2.24, 2.45) is 11.7 Å². The number of ether oxygens (including phenoxy) is 2. The Kier molecular flexibility index (Phi) is 10.5. The second-order valence-corrected chi connectivity index (χ2v) is 6.91. The van der Waals surface area contributed by atoms with E-state index < -0.39 is 23.9 Å². The summed E-state index contributed by atoms with van der Waals surface area (Å²) in [5.74, 6) is -4.30. The third-order valence-corrected chi connectivity index (χ3v) is 4.22. The highest BCUT2D eigenvalue weighted by Gasteiger charge is 2.22. The highest BCUT2D eigenvalue weighted by atomic mass is 16.6. The molecule has 0 amide bonds. The zero-order chi connectivity index (χ0) is 25.8. The SMILES string of the molecule is CC(C)[C@H](N)C(=O)OCCOc1nc(N)c(C#N)c(-c2ccccc2)c1C#N.O=C(O)C(=O)O. The molecule has 0 spiro atoms. The van der Waals surface area contributed by atoms with E-state index in [2.05, 4.69) is 4.98 Å². The van der Waals surface area contributed by atoms with Gasteiger partial charge in [0.25, 0.3) is 0 Å². The molecule has 12 nitrogen and oxygen atoms in total. The van der Waals surface area contributed by atoms with Gasteiger partial charge in [0, 0.05) is 5.56 Å². The van der Waals surface area contributed by atoms with Crippen LogP contribution in [-0.2, 0) is 19.1 Å². The largest absolute Gasteiger partial charge is 0.473 e. The Morgan fingerprint density at radius 3 is 2.06 bits per heavy atom. The van der Waals surface area contributed by atoms with Crippen LogP contribution >= 0.6 is 0 Å². The van der Waals surface area contributed by atoms with Crippen molar-refractivity contribution >= 4 is 23.7 Å². The molecule has 34 heavy (non-hydrogen) atoms. The summed E-state index contributed by atoms with van der Waals surface area (Å²) in [4.78, 5) is 34.0. The van der Waals surface area contributed by atoms with E-state index in [0.717, 1.165) is 0 Å². The van der Waals surface area contributed by atoms with E-state index in [1.165, 1.54) is 0 Å². The number of esters is 1. The zero-order valence-corrected chi connectivity index (χ0v) is 18.4. The minimum atomic E-state index is -1.82. The van der Waals surface area contributed by atoms with Crippen LogP contribution in [0, 0.1) is 28.6 Å². The molecule has 6 N–H and O–H groups in total. The molecule has 1 aromatic heterocycles. The summed E-state index contributed by atoms with van der Waals surface area (Å²) in [7, 11) is 0. The van der Waals surface area contributed by atoms with Crippen molar-refractivity contribution in [3.05, 3.63) is 41.5 Å². The van der Waals surface area contributed by atoms with E-state index in [1.54, 1.807) is 24.3 Å². The van der Waals surface area contributed by atoms with Crippen LogP contribution in [0.25, 0.3) is 11.1 Å². The van der Waals surface area contributed by atoms with Crippen LogP contribution in [0.5, 0.6) is 5.88 Å². The fourth-order valence-corrected chi connectivity index (χ4v) is 2.45. The van der Waals surface area contributed by atoms with Gasteiger partial charge in [-0.25, -0.2) is 9.59 Å². The third-order valence-electron chi connectivity index (χ3n) is 4.22. The fraction of sp³-hybridized carbons (Fsp3) is 0.273. The molecule has 0 aliphatic carbocycles. The van der Waals surface area contributed by atoms with Gasteiger partial charge >= 0.3 is 17.9 Å². The predicted molar refractivity (Wildman–Crippen MR) is 118 cm³/mol. The van der Waals surface area contributed by atoms with Gasteiger partial charge in [0.15, 0.2) is 0 Å². The molecule has 12 heteroatoms. The molecule has 0 radical (unpaired) electrons. The first-order chi connectivity index (χ1) is 16.0. The Hall–Kier alpha value is -4.68. The van der Waals surface area contributed by atoms with Gasteiger partial charge in [0.2, 0.25) is 5.88 Å². The number of nitriles is 2. The molecule has 178 valence electrons. The molecule has 0 aliphatic heterocycles. The second kappa shape index (κ2) is 13.0. The van der Waals surface area contributed by atoms with Gasteiger partial charge in [-0.1, -0.05) is 44.2 Å². The van der Waals surface area contributed by atoms with Crippen LogP contribution in [0.4, 0.5) is 5.82 Å². The van der Waals surface area contributed by atoms with Crippen LogP contribution < -0.4 is 16.2 Å². The molecule has 0 saturated carbocycles. The Bertz CT molecular complexity index is 1110. The van der Waals surface area contributed by atoms with Crippen molar-refractivity contribution in [3.8, 4) is 29.1 Å². The lowest BCUT2D eigenvalue weighted by atomic mass is 9.96. The van der Waals surface area contributed by atoms with Crippen molar-refractivity contribution < 1.29 is 34.1 Å². The maximum absolute atomic E-state index is 11.8. The number of pyridine rings is 1. The number of nitrogen functional groups attached to an aromatic ring is 1. The van der Waals surface area contributed by atoms with Gasteiger partial charge in [-0.2, -0.15) is 15.5 Å². The van der Waals surface area contributed by atoms with E-state index in [0.29, 0.717) is 11.1 Å². The van der Waals surface area contributed by atoms with Gasteiger partial charge in [0.1, 0.15) is 48.3 Å². The molecule has 2 aromatic rings. The summed E-state index contributed by atoms with van der Waals surface area (Å²) < 4.78 is 10.6. The Balaban J connectivity index is 0.000000852. The maximum Gasteiger partial charge on any atom is 0.414 e. The smallest absolute Gasteiger partial charge is 0.414 e.